The molecule has 4 rings (SSSR count). The third-order valence-electron chi connectivity index (χ3n) is 4.28. The molecule has 1 heterocycles. The lowest BCUT2D eigenvalue weighted by Crippen LogP contribution is -2.17. The molecular weight excluding hydrogens is 360 g/mol. The summed E-state index contributed by atoms with van der Waals surface area (Å²) in [5.74, 6) is 1.13. The highest BCUT2D eigenvalue weighted by Gasteiger charge is 2.17. The van der Waals surface area contributed by atoms with Gasteiger partial charge in [0.05, 0.1) is 18.4 Å². The number of hydrazone groups is 1. The molecule has 0 unspecified atom stereocenters. The zero-order valence-electron chi connectivity index (χ0n) is 15.1. The van der Waals surface area contributed by atoms with Gasteiger partial charge in [-0.1, -0.05) is 24.3 Å². The molecule has 3 aromatic rings. The molecule has 0 saturated carbocycles. The van der Waals surface area contributed by atoms with E-state index in [1.54, 1.807) is 24.3 Å². The Morgan fingerprint density at radius 1 is 1.18 bits per heavy atom. The van der Waals surface area contributed by atoms with Crippen LogP contribution in [0.25, 0.3) is 10.8 Å². The number of hydrogen-bond donors (Lipinski definition) is 2. The summed E-state index contributed by atoms with van der Waals surface area (Å²) in [5.41, 5.74) is 3.21. The number of carbonyl (C=O) groups is 1. The average molecular weight is 378 g/mol. The number of fused-ring (bicyclic) bond motifs is 2. The van der Waals surface area contributed by atoms with Crippen LogP contribution in [-0.2, 0) is 0 Å². The smallest absolute Gasteiger partial charge is 0.275 e. The lowest BCUT2D eigenvalue weighted by Gasteiger charge is -2.08. The van der Waals surface area contributed by atoms with E-state index >= 15 is 0 Å². The van der Waals surface area contributed by atoms with Gasteiger partial charge in [0.1, 0.15) is 11.5 Å². The van der Waals surface area contributed by atoms with Crippen molar-refractivity contribution in [1.29, 1.82) is 0 Å². The molecule has 28 heavy (non-hydrogen) atoms. The molecule has 1 amide bonds. The van der Waals surface area contributed by atoms with E-state index in [4.69, 9.17) is 14.2 Å². The van der Waals surface area contributed by atoms with Crippen molar-refractivity contribution in [1.82, 2.24) is 5.43 Å². The van der Waals surface area contributed by atoms with E-state index in [9.17, 15) is 9.90 Å². The maximum absolute atomic E-state index is 12.4. The summed E-state index contributed by atoms with van der Waals surface area (Å²) < 4.78 is 16.3. The summed E-state index contributed by atoms with van der Waals surface area (Å²) in [6, 6.07) is 14.1. The summed E-state index contributed by atoms with van der Waals surface area (Å²) >= 11 is 0. The van der Waals surface area contributed by atoms with Gasteiger partial charge in [0.2, 0.25) is 6.79 Å². The number of hydrogen-bond acceptors (Lipinski definition) is 6. The molecule has 7 heteroatoms. The number of carbonyl (C=O) groups excluding carboxylic acids is 1. The fourth-order valence-electron chi connectivity index (χ4n) is 2.95. The predicted molar refractivity (Wildman–Crippen MR) is 104 cm³/mol. The fourth-order valence-corrected chi connectivity index (χ4v) is 2.95. The Balaban J connectivity index is 1.55. The molecule has 1 aliphatic heterocycles. The fraction of sp³-hybridized carbons (Fsp3) is 0.143. The number of rotatable bonds is 5. The van der Waals surface area contributed by atoms with Gasteiger partial charge in [-0.15, -0.1) is 0 Å². The molecule has 2 N–H and O–H groups in total. The van der Waals surface area contributed by atoms with Gasteiger partial charge < -0.3 is 19.3 Å². The van der Waals surface area contributed by atoms with Crippen LogP contribution in [0.1, 0.15) is 22.8 Å². The molecule has 0 spiro atoms. The first-order valence-corrected chi connectivity index (χ1v) is 8.77. The molecule has 142 valence electrons. The van der Waals surface area contributed by atoms with E-state index in [2.05, 4.69) is 10.5 Å². The zero-order valence-corrected chi connectivity index (χ0v) is 15.1. The van der Waals surface area contributed by atoms with Gasteiger partial charge >= 0.3 is 0 Å². The van der Waals surface area contributed by atoms with Gasteiger partial charge in [-0.3, -0.25) is 4.79 Å². The normalized spacial score (nSPS) is 12.5. The van der Waals surface area contributed by atoms with E-state index < -0.39 is 5.91 Å². The maximum Gasteiger partial charge on any atom is 0.275 e. The first-order chi connectivity index (χ1) is 13.7. The Labute approximate surface area is 161 Å². The van der Waals surface area contributed by atoms with Gasteiger partial charge in [0, 0.05) is 11.6 Å². The second-order valence-electron chi connectivity index (χ2n) is 6.09. The van der Waals surface area contributed by atoms with E-state index in [1.807, 2.05) is 31.2 Å². The van der Waals surface area contributed by atoms with Crippen LogP contribution in [0.4, 0.5) is 0 Å². The van der Waals surface area contributed by atoms with E-state index in [0.717, 1.165) is 10.8 Å². The number of aromatic hydroxyl groups is 1. The number of ether oxygens (including phenoxy) is 3. The monoisotopic (exact) mass is 378 g/mol. The SMILES string of the molecule is CCOc1cc2c(cc1C=NNC(=O)c1cc3ccccc3cc1O)OCO2. The van der Waals surface area contributed by atoms with Crippen LogP contribution in [0.3, 0.4) is 0 Å². The Hall–Kier alpha value is -3.74. The zero-order chi connectivity index (χ0) is 19.5. The molecule has 0 saturated heterocycles. The third kappa shape index (κ3) is 3.42. The molecular formula is C21H18N2O5. The first-order valence-electron chi connectivity index (χ1n) is 8.77. The number of benzene rings is 3. The molecule has 3 aromatic carbocycles. The Morgan fingerprint density at radius 2 is 1.89 bits per heavy atom. The summed E-state index contributed by atoms with van der Waals surface area (Å²) in [7, 11) is 0. The molecule has 0 fully saturated rings. The van der Waals surface area contributed by atoms with Crippen molar-refractivity contribution >= 4 is 22.9 Å². The van der Waals surface area contributed by atoms with Crippen LogP contribution in [0.15, 0.2) is 53.6 Å². The van der Waals surface area contributed by atoms with Crippen LogP contribution < -0.4 is 19.6 Å². The Kier molecular flexibility index (Phi) is 4.72. The van der Waals surface area contributed by atoms with Crippen LogP contribution in [-0.4, -0.2) is 30.6 Å². The van der Waals surface area contributed by atoms with Crippen molar-refractivity contribution in [3.05, 3.63) is 59.7 Å². The highest BCUT2D eigenvalue weighted by atomic mass is 16.7. The molecule has 0 aliphatic carbocycles. The van der Waals surface area contributed by atoms with Gasteiger partial charge in [0.25, 0.3) is 5.91 Å². The molecule has 1 aliphatic rings. The summed E-state index contributed by atoms with van der Waals surface area (Å²) in [6.07, 6.45) is 1.46. The van der Waals surface area contributed by atoms with E-state index in [-0.39, 0.29) is 18.1 Å². The number of nitrogens with zero attached hydrogens (tertiary/aromatic N) is 1. The average Bonchev–Trinajstić information content (AvgIpc) is 3.15. The molecule has 0 atom stereocenters. The van der Waals surface area contributed by atoms with Crippen LogP contribution >= 0.6 is 0 Å². The molecule has 0 radical (unpaired) electrons. The number of phenolic OH excluding ortho intramolecular Hbond substituents is 1. The minimum Gasteiger partial charge on any atom is -0.507 e. The van der Waals surface area contributed by atoms with Gasteiger partial charge in [-0.05, 0) is 35.9 Å². The second-order valence-corrected chi connectivity index (χ2v) is 6.09. The molecule has 0 bridgehead atoms. The maximum atomic E-state index is 12.4. The standard InChI is InChI=1S/C21H18N2O5/c1-2-26-18-10-20-19(27-12-28-20)9-15(18)11-22-23-21(25)16-7-13-5-3-4-6-14(13)8-17(16)24/h3-11,24H,2,12H2,1H3,(H,23,25). The van der Waals surface area contributed by atoms with Gasteiger partial charge in [0.15, 0.2) is 11.5 Å². The topological polar surface area (TPSA) is 89.4 Å². The number of amides is 1. The van der Waals surface area contributed by atoms with Crippen molar-refractivity contribution in [3.63, 3.8) is 0 Å². The van der Waals surface area contributed by atoms with Crippen molar-refractivity contribution < 1.29 is 24.1 Å². The molecule has 0 aromatic heterocycles. The largest absolute Gasteiger partial charge is 0.507 e. The van der Waals surface area contributed by atoms with Crippen molar-refractivity contribution in [2.24, 2.45) is 5.10 Å². The van der Waals surface area contributed by atoms with Crippen molar-refractivity contribution in [2.75, 3.05) is 13.4 Å². The predicted octanol–water partition coefficient (Wildman–Crippen LogP) is 3.44. The summed E-state index contributed by atoms with van der Waals surface area (Å²) in [6.45, 7) is 2.49. The number of phenols is 1. The van der Waals surface area contributed by atoms with Gasteiger partial charge in [-0.25, -0.2) is 5.43 Å². The Bertz CT molecular complexity index is 1080. The molecule has 7 nitrogen and oxygen atoms in total. The van der Waals surface area contributed by atoms with Crippen molar-refractivity contribution in [2.45, 2.75) is 6.92 Å². The highest BCUT2D eigenvalue weighted by molar-refractivity contribution is 6.01. The van der Waals surface area contributed by atoms with Crippen LogP contribution in [0.5, 0.6) is 23.0 Å². The summed E-state index contributed by atoms with van der Waals surface area (Å²) in [5, 5.41) is 15.8. The van der Waals surface area contributed by atoms with E-state index in [0.29, 0.717) is 29.4 Å². The summed E-state index contributed by atoms with van der Waals surface area (Å²) in [4.78, 5) is 12.4. The lowest BCUT2D eigenvalue weighted by atomic mass is 10.1. The van der Waals surface area contributed by atoms with Crippen LogP contribution in [0, 0.1) is 0 Å². The third-order valence-corrected chi connectivity index (χ3v) is 4.28. The first kappa shape index (κ1) is 17.7. The highest BCUT2D eigenvalue weighted by Crippen LogP contribution is 2.37. The second kappa shape index (κ2) is 7.48. The minimum atomic E-state index is -0.516. The lowest BCUT2D eigenvalue weighted by molar-refractivity contribution is 0.0952. The number of nitrogens with one attached hydrogen (secondary N) is 1. The Morgan fingerprint density at radius 3 is 2.64 bits per heavy atom. The van der Waals surface area contributed by atoms with Crippen LogP contribution in [0.2, 0.25) is 0 Å². The van der Waals surface area contributed by atoms with Gasteiger partial charge in [-0.2, -0.15) is 5.10 Å². The minimum absolute atomic E-state index is 0.107. The quantitative estimate of drug-likeness (QED) is 0.524. The van der Waals surface area contributed by atoms with E-state index in [1.165, 1.54) is 6.21 Å². The van der Waals surface area contributed by atoms with Crippen molar-refractivity contribution in [3.8, 4) is 23.0 Å².